The van der Waals surface area contributed by atoms with Gasteiger partial charge in [0.25, 0.3) is 5.69 Å². The molecule has 2 rings (SSSR count). The summed E-state index contributed by atoms with van der Waals surface area (Å²) in [5.41, 5.74) is 0.651. The number of nitro benzene ring substituents is 1. The average Bonchev–Trinajstić information content (AvgIpc) is 2.39. The fraction of sp³-hybridized carbons (Fsp3) is 0.538. The van der Waals surface area contributed by atoms with E-state index in [0.717, 1.165) is 13.1 Å². The maximum atomic E-state index is 10.8. The van der Waals surface area contributed by atoms with E-state index in [1.165, 1.54) is 6.07 Å². The van der Waals surface area contributed by atoms with E-state index >= 15 is 0 Å². The predicted octanol–water partition coefficient (Wildman–Crippen LogP) is 2.42. The first-order chi connectivity index (χ1) is 9.47. The van der Waals surface area contributed by atoms with Crippen LogP contribution in [0.1, 0.15) is 12.5 Å². The molecule has 1 fully saturated rings. The van der Waals surface area contributed by atoms with Gasteiger partial charge in [0, 0.05) is 24.7 Å². The minimum atomic E-state index is -0.403. The molecule has 0 amide bonds. The van der Waals surface area contributed by atoms with Crippen molar-refractivity contribution in [3.63, 3.8) is 0 Å². The first kappa shape index (κ1) is 15.2. The summed E-state index contributed by atoms with van der Waals surface area (Å²) in [5.74, 6) is 0.593. The van der Waals surface area contributed by atoms with Gasteiger partial charge in [0.05, 0.1) is 15.5 Å². The zero-order valence-corrected chi connectivity index (χ0v) is 13.0. The average molecular weight is 345 g/mol. The number of hydrogen-bond donors (Lipinski definition) is 1. The summed E-state index contributed by atoms with van der Waals surface area (Å²) >= 11 is 3.30. The second kappa shape index (κ2) is 6.51. The Bertz CT molecular complexity index is 509. The molecule has 0 radical (unpaired) electrons. The highest BCUT2D eigenvalue weighted by Crippen LogP contribution is 2.32. The van der Waals surface area contributed by atoms with Gasteiger partial charge in [0.15, 0.2) is 0 Å². The molecular weight excluding hydrogens is 328 g/mol. The van der Waals surface area contributed by atoms with Crippen molar-refractivity contribution in [1.29, 1.82) is 0 Å². The second-order valence-electron chi connectivity index (χ2n) is 4.86. The number of morpholine rings is 1. The van der Waals surface area contributed by atoms with Crippen LogP contribution in [0.4, 0.5) is 5.69 Å². The minimum Gasteiger partial charge on any atom is -0.490 e. The fourth-order valence-electron chi connectivity index (χ4n) is 2.11. The molecule has 6 nitrogen and oxygen atoms in total. The molecule has 20 heavy (non-hydrogen) atoms. The van der Waals surface area contributed by atoms with Crippen LogP contribution in [0.3, 0.4) is 0 Å². The zero-order valence-electron chi connectivity index (χ0n) is 11.4. The van der Waals surface area contributed by atoms with Crippen molar-refractivity contribution < 1.29 is 14.4 Å². The number of nitro groups is 1. The molecule has 2 unspecified atom stereocenters. The molecule has 1 N–H and O–H groups in total. The first-order valence-electron chi connectivity index (χ1n) is 6.41. The van der Waals surface area contributed by atoms with Gasteiger partial charge in [-0.25, -0.2) is 0 Å². The van der Waals surface area contributed by atoms with Crippen LogP contribution in [0, 0.1) is 17.0 Å². The van der Waals surface area contributed by atoms with Crippen LogP contribution in [0.5, 0.6) is 5.75 Å². The Hall–Kier alpha value is -1.18. The normalized spacial score (nSPS) is 22.6. The Balaban J connectivity index is 2.02. The molecule has 2 atom stereocenters. The van der Waals surface area contributed by atoms with E-state index in [1.807, 2.05) is 6.92 Å². The number of halogens is 1. The van der Waals surface area contributed by atoms with Crippen molar-refractivity contribution in [2.24, 2.45) is 0 Å². The largest absolute Gasteiger partial charge is 0.490 e. The fourth-order valence-corrected chi connectivity index (χ4v) is 2.55. The minimum absolute atomic E-state index is 0.0128. The van der Waals surface area contributed by atoms with E-state index < -0.39 is 4.92 Å². The van der Waals surface area contributed by atoms with Gasteiger partial charge in [0.1, 0.15) is 18.5 Å². The smallest absolute Gasteiger partial charge is 0.273 e. The molecule has 0 aromatic heterocycles. The molecular formula is C13H17BrN2O4. The highest BCUT2D eigenvalue weighted by molar-refractivity contribution is 9.10. The summed E-state index contributed by atoms with van der Waals surface area (Å²) in [6.07, 6.45) is 0.153. The van der Waals surface area contributed by atoms with Crippen molar-refractivity contribution in [3.05, 3.63) is 32.3 Å². The van der Waals surface area contributed by atoms with E-state index in [9.17, 15) is 10.1 Å². The standard InChI is InChI=1S/C13H17BrN2O4/c1-8-3-13(11(14)4-12(8)16(17)18)19-7-10-6-15-5-9(2)20-10/h3-4,9-10,15H,5-7H2,1-2H3. The Morgan fingerprint density at radius 2 is 2.30 bits per heavy atom. The van der Waals surface area contributed by atoms with Crippen LogP contribution in [-0.4, -0.2) is 36.8 Å². The van der Waals surface area contributed by atoms with Crippen molar-refractivity contribution in [2.75, 3.05) is 19.7 Å². The quantitative estimate of drug-likeness (QED) is 0.670. The lowest BCUT2D eigenvalue weighted by atomic mass is 10.2. The summed E-state index contributed by atoms with van der Waals surface area (Å²) in [6.45, 7) is 5.70. The maximum absolute atomic E-state index is 10.8. The Kier molecular flexibility index (Phi) is 4.95. The van der Waals surface area contributed by atoms with Gasteiger partial charge in [-0.1, -0.05) is 0 Å². The number of nitrogens with one attached hydrogen (secondary N) is 1. The summed E-state index contributed by atoms with van der Waals surface area (Å²) in [6, 6.07) is 3.13. The van der Waals surface area contributed by atoms with Gasteiger partial charge >= 0.3 is 0 Å². The predicted molar refractivity (Wildman–Crippen MR) is 78.2 cm³/mol. The van der Waals surface area contributed by atoms with Crippen molar-refractivity contribution >= 4 is 21.6 Å². The van der Waals surface area contributed by atoms with Gasteiger partial charge in [-0.05, 0) is 35.8 Å². The molecule has 0 aliphatic carbocycles. The van der Waals surface area contributed by atoms with Gasteiger partial charge in [-0.15, -0.1) is 0 Å². The molecule has 0 bridgehead atoms. The topological polar surface area (TPSA) is 73.6 Å². The molecule has 1 heterocycles. The molecule has 1 aromatic rings. The molecule has 1 aliphatic heterocycles. The van der Waals surface area contributed by atoms with Gasteiger partial charge in [-0.3, -0.25) is 10.1 Å². The third-order valence-corrected chi connectivity index (χ3v) is 3.72. The lowest BCUT2D eigenvalue weighted by Gasteiger charge is -2.28. The molecule has 110 valence electrons. The summed E-state index contributed by atoms with van der Waals surface area (Å²) in [5, 5.41) is 14.1. The van der Waals surface area contributed by atoms with Crippen LogP contribution >= 0.6 is 15.9 Å². The number of hydrogen-bond acceptors (Lipinski definition) is 5. The summed E-state index contributed by atoms with van der Waals surface area (Å²) in [4.78, 5) is 10.4. The molecule has 1 saturated heterocycles. The molecule has 0 spiro atoms. The van der Waals surface area contributed by atoms with Crippen molar-refractivity contribution in [2.45, 2.75) is 26.1 Å². The monoisotopic (exact) mass is 344 g/mol. The number of nitrogens with zero attached hydrogens (tertiary/aromatic N) is 1. The Morgan fingerprint density at radius 1 is 1.55 bits per heavy atom. The molecule has 1 aliphatic rings. The summed E-state index contributed by atoms with van der Waals surface area (Å²) < 4.78 is 12.0. The molecule has 0 saturated carbocycles. The number of rotatable bonds is 4. The van der Waals surface area contributed by atoms with E-state index in [0.29, 0.717) is 22.4 Å². The highest BCUT2D eigenvalue weighted by atomic mass is 79.9. The third kappa shape index (κ3) is 3.68. The van der Waals surface area contributed by atoms with Crippen molar-refractivity contribution in [1.82, 2.24) is 5.32 Å². The van der Waals surface area contributed by atoms with Gasteiger partial charge < -0.3 is 14.8 Å². The van der Waals surface area contributed by atoms with E-state index in [-0.39, 0.29) is 17.9 Å². The lowest BCUT2D eigenvalue weighted by molar-refractivity contribution is -0.385. The SMILES string of the molecule is Cc1cc(OCC2CNCC(C)O2)c(Br)cc1[N+](=O)[O-]. The van der Waals surface area contributed by atoms with E-state index in [1.54, 1.807) is 13.0 Å². The van der Waals surface area contributed by atoms with Crippen LogP contribution in [-0.2, 0) is 4.74 Å². The highest BCUT2D eigenvalue weighted by Gasteiger charge is 2.20. The van der Waals surface area contributed by atoms with Crippen LogP contribution in [0.15, 0.2) is 16.6 Å². The van der Waals surface area contributed by atoms with Crippen LogP contribution in [0.25, 0.3) is 0 Å². The van der Waals surface area contributed by atoms with Gasteiger partial charge in [-0.2, -0.15) is 0 Å². The Morgan fingerprint density at radius 3 is 2.95 bits per heavy atom. The molecule has 1 aromatic carbocycles. The second-order valence-corrected chi connectivity index (χ2v) is 5.72. The number of ether oxygens (including phenoxy) is 2. The zero-order chi connectivity index (χ0) is 14.7. The third-order valence-electron chi connectivity index (χ3n) is 3.10. The van der Waals surface area contributed by atoms with E-state index in [2.05, 4.69) is 21.2 Å². The van der Waals surface area contributed by atoms with Gasteiger partial charge in [0.2, 0.25) is 0 Å². The first-order valence-corrected chi connectivity index (χ1v) is 7.20. The van der Waals surface area contributed by atoms with Crippen LogP contribution < -0.4 is 10.1 Å². The number of benzene rings is 1. The Labute approximate surface area is 125 Å². The van der Waals surface area contributed by atoms with E-state index in [4.69, 9.17) is 9.47 Å². The maximum Gasteiger partial charge on any atom is 0.273 e. The molecule has 7 heteroatoms. The van der Waals surface area contributed by atoms with Crippen LogP contribution in [0.2, 0.25) is 0 Å². The summed E-state index contributed by atoms with van der Waals surface area (Å²) in [7, 11) is 0. The number of aryl methyl sites for hydroxylation is 1. The van der Waals surface area contributed by atoms with Crippen molar-refractivity contribution in [3.8, 4) is 5.75 Å². The lowest BCUT2D eigenvalue weighted by Crippen LogP contribution is -2.45.